The summed E-state index contributed by atoms with van der Waals surface area (Å²) in [6.07, 6.45) is 4.23. The van der Waals surface area contributed by atoms with Gasteiger partial charge in [-0.05, 0) is 31.4 Å². The second kappa shape index (κ2) is 7.04. The standard InChI is InChI=1S/C23H23N3O2S/c1-3-23(2)12-18-16(13-28-23)11-17-19-20(29-21(17)25-18)22(27)26(14-24-19)10-9-15-7-5-4-6-8-15/h4-8,11,14H,3,9-10,12-13H2,1-2H3/t23-/m0/s1. The summed E-state index contributed by atoms with van der Waals surface area (Å²) in [7, 11) is 0. The third-order valence-electron chi connectivity index (χ3n) is 5.96. The molecule has 0 N–H and O–H groups in total. The molecule has 0 saturated heterocycles. The van der Waals surface area contributed by atoms with Crippen molar-refractivity contribution in [2.75, 3.05) is 0 Å². The highest BCUT2D eigenvalue weighted by Gasteiger charge is 2.30. The van der Waals surface area contributed by atoms with Gasteiger partial charge in [-0.25, -0.2) is 9.97 Å². The molecule has 0 aliphatic carbocycles. The summed E-state index contributed by atoms with van der Waals surface area (Å²) in [5, 5.41) is 0.958. The highest BCUT2D eigenvalue weighted by molar-refractivity contribution is 7.25. The third-order valence-corrected chi connectivity index (χ3v) is 7.03. The van der Waals surface area contributed by atoms with Crippen molar-refractivity contribution < 1.29 is 4.74 Å². The molecule has 4 aromatic rings. The number of aromatic nitrogens is 3. The van der Waals surface area contributed by atoms with Gasteiger partial charge in [-0.1, -0.05) is 37.3 Å². The van der Waals surface area contributed by atoms with Gasteiger partial charge >= 0.3 is 0 Å². The van der Waals surface area contributed by atoms with Gasteiger partial charge in [-0.2, -0.15) is 0 Å². The van der Waals surface area contributed by atoms with Crippen molar-refractivity contribution in [3.63, 3.8) is 0 Å². The Morgan fingerprint density at radius 3 is 2.90 bits per heavy atom. The molecule has 4 heterocycles. The van der Waals surface area contributed by atoms with Gasteiger partial charge in [0.2, 0.25) is 0 Å². The van der Waals surface area contributed by atoms with Crippen LogP contribution in [-0.2, 0) is 30.7 Å². The van der Waals surface area contributed by atoms with Crippen LogP contribution in [0.2, 0.25) is 0 Å². The molecule has 0 unspecified atom stereocenters. The number of nitrogens with zero attached hydrogens (tertiary/aromatic N) is 3. The molecule has 1 aliphatic rings. The Kier molecular flexibility index (Phi) is 4.48. The number of aryl methyl sites for hydroxylation is 2. The molecule has 0 radical (unpaired) electrons. The highest BCUT2D eigenvalue weighted by Crippen LogP contribution is 2.35. The normalized spacial score (nSPS) is 19.0. The number of rotatable bonds is 4. The number of hydrogen-bond acceptors (Lipinski definition) is 5. The molecule has 0 fully saturated rings. The number of pyridine rings is 1. The SMILES string of the molecule is CC[C@@]1(C)Cc2nc3sc4c(=O)n(CCc5ccccc5)cnc4c3cc2CO1. The van der Waals surface area contributed by atoms with Gasteiger partial charge in [0.15, 0.2) is 0 Å². The van der Waals surface area contributed by atoms with Crippen LogP contribution in [0.3, 0.4) is 0 Å². The van der Waals surface area contributed by atoms with Crippen LogP contribution in [0.5, 0.6) is 0 Å². The van der Waals surface area contributed by atoms with Crippen LogP contribution in [0.1, 0.15) is 37.1 Å². The minimum atomic E-state index is -0.160. The zero-order valence-corrected chi connectivity index (χ0v) is 17.5. The number of fused-ring (bicyclic) bond motifs is 4. The lowest BCUT2D eigenvalue weighted by Crippen LogP contribution is -2.35. The molecule has 1 aliphatic heterocycles. The molecular formula is C23H23N3O2S. The predicted octanol–water partition coefficient (Wildman–Crippen LogP) is 4.49. The molecule has 5 rings (SSSR count). The number of hydrogen-bond donors (Lipinski definition) is 0. The van der Waals surface area contributed by atoms with Crippen LogP contribution in [0.15, 0.2) is 47.5 Å². The fourth-order valence-electron chi connectivity index (χ4n) is 3.89. The molecule has 6 heteroatoms. The van der Waals surface area contributed by atoms with E-state index in [0.29, 0.717) is 17.9 Å². The fraction of sp³-hybridized carbons (Fsp3) is 0.348. The largest absolute Gasteiger partial charge is 0.370 e. The topological polar surface area (TPSA) is 57.0 Å². The first kappa shape index (κ1) is 18.5. The number of ether oxygens (including phenoxy) is 1. The van der Waals surface area contributed by atoms with E-state index in [1.807, 2.05) is 18.2 Å². The highest BCUT2D eigenvalue weighted by atomic mass is 32.1. The average molecular weight is 406 g/mol. The lowest BCUT2D eigenvalue weighted by atomic mass is 9.91. The van der Waals surface area contributed by atoms with Gasteiger partial charge in [-0.15, -0.1) is 11.3 Å². The van der Waals surface area contributed by atoms with Gasteiger partial charge in [0.25, 0.3) is 5.56 Å². The minimum absolute atomic E-state index is 0.0153. The molecule has 0 saturated carbocycles. The Labute approximate surface area is 173 Å². The van der Waals surface area contributed by atoms with E-state index in [2.05, 4.69) is 37.0 Å². The Balaban J connectivity index is 1.54. The lowest BCUT2D eigenvalue weighted by molar-refractivity contribution is -0.0573. The van der Waals surface area contributed by atoms with Crippen LogP contribution >= 0.6 is 11.3 Å². The summed E-state index contributed by atoms with van der Waals surface area (Å²) in [6.45, 7) is 5.46. The second-order valence-electron chi connectivity index (χ2n) is 7.97. The van der Waals surface area contributed by atoms with Crippen LogP contribution < -0.4 is 5.56 Å². The maximum Gasteiger partial charge on any atom is 0.271 e. The summed E-state index contributed by atoms with van der Waals surface area (Å²) >= 11 is 1.46. The summed E-state index contributed by atoms with van der Waals surface area (Å²) in [6, 6.07) is 12.3. The molecule has 148 valence electrons. The maximum absolute atomic E-state index is 13.1. The molecule has 0 amide bonds. The van der Waals surface area contributed by atoms with E-state index in [0.717, 1.165) is 46.3 Å². The quantitative estimate of drug-likeness (QED) is 0.502. The van der Waals surface area contributed by atoms with Crippen molar-refractivity contribution in [1.82, 2.24) is 14.5 Å². The Hall–Kier alpha value is -2.57. The number of benzene rings is 1. The van der Waals surface area contributed by atoms with Gasteiger partial charge in [-0.3, -0.25) is 9.36 Å². The van der Waals surface area contributed by atoms with E-state index < -0.39 is 0 Å². The zero-order chi connectivity index (χ0) is 20.0. The van der Waals surface area contributed by atoms with Crippen molar-refractivity contribution in [1.29, 1.82) is 0 Å². The molecule has 29 heavy (non-hydrogen) atoms. The van der Waals surface area contributed by atoms with E-state index in [-0.39, 0.29) is 11.2 Å². The number of thiophene rings is 1. The monoisotopic (exact) mass is 405 g/mol. The first-order valence-electron chi connectivity index (χ1n) is 10.0. The van der Waals surface area contributed by atoms with E-state index in [4.69, 9.17) is 9.72 Å². The Bertz CT molecular complexity index is 1260. The minimum Gasteiger partial charge on any atom is -0.370 e. The first-order chi connectivity index (χ1) is 14.1. The van der Waals surface area contributed by atoms with Crippen LogP contribution in [-0.4, -0.2) is 20.1 Å². The molecule has 0 spiro atoms. The van der Waals surface area contributed by atoms with Crippen molar-refractivity contribution in [2.24, 2.45) is 0 Å². The van der Waals surface area contributed by atoms with Gasteiger partial charge in [0, 0.05) is 23.9 Å². The predicted molar refractivity (Wildman–Crippen MR) is 117 cm³/mol. The van der Waals surface area contributed by atoms with E-state index in [1.54, 1.807) is 10.9 Å². The van der Waals surface area contributed by atoms with Crippen molar-refractivity contribution in [3.05, 3.63) is 69.9 Å². The van der Waals surface area contributed by atoms with E-state index in [1.165, 1.54) is 16.9 Å². The zero-order valence-electron chi connectivity index (χ0n) is 16.6. The van der Waals surface area contributed by atoms with Gasteiger partial charge < -0.3 is 4.74 Å². The second-order valence-corrected chi connectivity index (χ2v) is 8.97. The van der Waals surface area contributed by atoms with Crippen LogP contribution in [0.25, 0.3) is 20.4 Å². The van der Waals surface area contributed by atoms with Gasteiger partial charge in [0.1, 0.15) is 9.53 Å². The molecule has 1 atom stereocenters. The first-order valence-corrected chi connectivity index (χ1v) is 10.9. The van der Waals surface area contributed by atoms with Crippen LogP contribution in [0.4, 0.5) is 0 Å². The molecule has 5 nitrogen and oxygen atoms in total. The van der Waals surface area contributed by atoms with E-state index in [9.17, 15) is 4.79 Å². The summed E-state index contributed by atoms with van der Waals surface area (Å²) < 4.78 is 8.47. The van der Waals surface area contributed by atoms with Crippen molar-refractivity contribution in [2.45, 2.75) is 51.9 Å². The lowest BCUT2D eigenvalue weighted by Gasteiger charge is -2.33. The summed E-state index contributed by atoms with van der Waals surface area (Å²) in [5.41, 5.74) is 4.02. The average Bonchev–Trinajstić information content (AvgIpc) is 3.11. The fourth-order valence-corrected chi connectivity index (χ4v) is 4.97. The van der Waals surface area contributed by atoms with Gasteiger partial charge in [0.05, 0.1) is 29.7 Å². The molecular weight excluding hydrogens is 382 g/mol. The maximum atomic E-state index is 13.1. The van der Waals surface area contributed by atoms with Crippen LogP contribution in [0, 0.1) is 0 Å². The third kappa shape index (κ3) is 3.26. The van der Waals surface area contributed by atoms with E-state index >= 15 is 0 Å². The van der Waals surface area contributed by atoms with Crippen molar-refractivity contribution in [3.8, 4) is 0 Å². The molecule has 1 aromatic carbocycles. The Morgan fingerprint density at radius 1 is 1.28 bits per heavy atom. The smallest absolute Gasteiger partial charge is 0.271 e. The summed E-state index contributed by atoms with van der Waals surface area (Å²) in [5.74, 6) is 0. The molecule has 3 aromatic heterocycles. The molecule has 0 bridgehead atoms. The Morgan fingerprint density at radius 2 is 2.10 bits per heavy atom. The summed E-state index contributed by atoms with van der Waals surface area (Å²) in [4.78, 5) is 23.5. The van der Waals surface area contributed by atoms with Crippen molar-refractivity contribution >= 4 is 31.8 Å².